The van der Waals surface area contributed by atoms with Gasteiger partial charge in [-0.2, -0.15) is 0 Å². The number of benzene rings is 1. The first-order valence-corrected chi connectivity index (χ1v) is 11.9. The van der Waals surface area contributed by atoms with Gasteiger partial charge in [0.1, 0.15) is 0 Å². The molecule has 2 bridgehead atoms. The molecule has 2 unspecified atom stereocenters. The van der Waals surface area contributed by atoms with Crippen LogP contribution in [0.15, 0.2) is 52.2 Å². The van der Waals surface area contributed by atoms with Crippen LogP contribution in [0.4, 0.5) is 5.69 Å². The Balaban J connectivity index is 1.62. The van der Waals surface area contributed by atoms with Crippen LogP contribution in [0.25, 0.3) is 0 Å². The topological polar surface area (TPSA) is 24.4 Å². The molecule has 2 nitrogen and oxygen atoms in total. The minimum absolute atomic E-state index is 0.168. The molecule has 1 saturated carbocycles. The van der Waals surface area contributed by atoms with Crippen molar-refractivity contribution in [1.29, 1.82) is 0 Å². The molecular weight excluding hydrogens is 372 g/mol. The van der Waals surface area contributed by atoms with Crippen LogP contribution in [-0.2, 0) is 0 Å². The average Bonchev–Trinajstić information content (AvgIpc) is 2.51. The Morgan fingerprint density at radius 2 is 1.62 bits per heavy atom. The maximum atomic E-state index is 5.22. The van der Waals surface area contributed by atoms with Gasteiger partial charge in [-0.15, -0.1) is 0 Å². The first-order valence-electron chi connectivity index (χ1n) is 11.0. The van der Waals surface area contributed by atoms with Gasteiger partial charge in [-0.3, -0.25) is 0 Å². The van der Waals surface area contributed by atoms with Gasteiger partial charge in [0.15, 0.2) is 5.17 Å². The Labute approximate surface area is 180 Å². The van der Waals surface area contributed by atoms with E-state index in [4.69, 9.17) is 4.99 Å². The maximum absolute atomic E-state index is 5.22. The second-order valence-corrected chi connectivity index (χ2v) is 13.2. The molecule has 29 heavy (non-hydrogen) atoms. The lowest BCUT2D eigenvalue weighted by Gasteiger charge is -2.59. The predicted molar refractivity (Wildman–Crippen MR) is 126 cm³/mol. The van der Waals surface area contributed by atoms with Crippen molar-refractivity contribution in [2.24, 2.45) is 21.2 Å². The highest BCUT2D eigenvalue weighted by Crippen LogP contribution is 2.67. The maximum Gasteiger partial charge on any atom is 0.166 e. The molecule has 5 rings (SSSR count). The van der Waals surface area contributed by atoms with Gasteiger partial charge in [0, 0.05) is 11.4 Å². The SMILES string of the molecule is Cc1ccc(NC2=NC3=C4C(=CC5(C)CC(C)(C)CC4(C5)S2)CC(C)(C)C3)cc1. The lowest BCUT2D eigenvalue weighted by atomic mass is 9.52. The van der Waals surface area contributed by atoms with E-state index in [9.17, 15) is 0 Å². The number of allylic oxidation sites excluding steroid dienone is 3. The molecule has 1 N–H and O–H groups in total. The van der Waals surface area contributed by atoms with Crippen molar-refractivity contribution in [3.8, 4) is 0 Å². The molecule has 4 aliphatic rings. The van der Waals surface area contributed by atoms with Gasteiger partial charge >= 0.3 is 0 Å². The van der Waals surface area contributed by atoms with Gasteiger partial charge in [0.25, 0.3) is 0 Å². The smallest absolute Gasteiger partial charge is 0.166 e. The number of anilines is 1. The molecule has 1 fully saturated rings. The quantitative estimate of drug-likeness (QED) is 0.523. The van der Waals surface area contributed by atoms with Crippen LogP contribution in [0.2, 0.25) is 0 Å². The van der Waals surface area contributed by atoms with Crippen molar-refractivity contribution in [2.45, 2.75) is 78.4 Å². The fourth-order valence-corrected chi connectivity index (χ4v) is 8.75. The van der Waals surface area contributed by atoms with E-state index in [0.717, 1.165) is 17.3 Å². The molecule has 3 aliphatic carbocycles. The lowest BCUT2D eigenvalue weighted by Crippen LogP contribution is -2.52. The molecule has 1 heterocycles. The highest BCUT2D eigenvalue weighted by molar-refractivity contribution is 8.15. The predicted octanol–water partition coefficient (Wildman–Crippen LogP) is 7.48. The zero-order chi connectivity index (χ0) is 20.7. The summed E-state index contributed by atoms with van der Waals surface area (Å²) in [6.07, 6.45) is 8.69. The minimum atomic E-state index is 0.168. The number of aliphatic imine (C=N–C) groups is 1. The normalized spacial score (nSPS) is 34.1. The van der Waals surface area contributed by atoms with Crippen molar-refractivity contribution >= 4 is 22.6 Å². The minimum Gasteiger partial charge on any atom is -0.335 e. The molecular formula is C26H34N2S. The van der Waals surface area contributed by atoms with E-state index < -0.39 is 0 Å². The standard InChI is InChI=1S/C26H34N2S/c1-17-7-9-19(10-8-17)27-22-28-20-13-23(2,3)11-18-12-25(6)14-24(4,5)15-26(16-25,29-22)21(18)20/h7-10,12H,11,13-16H2,1-6H3,(H,27,28). The molecule has 0 aromatic heterocycles. The molecule has 1 spiro atoms. The summed E-state index contributed by atoms with van der Waals surface area (Å²) >= 11 is 2.01. The summed E-state index contributed by atoms with van der Waals surface area (Å²) in [4.78, 5) is 5.22. The number of rotatable bonds is 1. The van der Waals surface area contributed by atoms with E-state index in [2.05, 4.69) is 77.2 Å². The van der Waals surface area contributed by atoms with E-state index >= 15 is 0 Å². The number of fused-ring (bicyclic) bond motifs is 1. The number of hydrogen-bond donors (Lipinski definition) is 1. The van der Waals surface area contributed by atoms with Crippen molar-refractivity contribution in [2.75, 3.05) is 5.32 Å². The van der Waals surface area contributed by atoms with Gasteiger partial charge in [-0.25, -0.2) is 4.99 Å². The number of nitrogens with one attached hydrogen (secondary N) is 1. The Kier molecular flexibility index (Phi) is 4.05. The summed E-state index contributed by atoms with van der Waals surface area (Å²) in [5.41, 5.74) is 7.90. The third-order valence-corrected chi connectivity index (χ3v) is 8.34. The number of hydrogen-bond acceptors (Lipinski definition) is 3. The Morgan fingerprint density at radius 3 is 2.34 bits per heavy atom. The zero-order valence-electron chi connectivity index (χ0n) is 18.8. The second-order valence-electron chi connectivity index (χ2n) is 11.9. The number of amidine groups is 1. The largest absolute Gasteiger partial charge is 0.335 e. The summed E-state index contributed by atoms with van der Waals surface area (Å²) in [5, 5.41) is 4.76. The first-order chi connectivity index (χ1) is 13.5. The van der Waals surface area contributed by atoms with E-state index in [0.29, 0.717) is 10.8 Å². The van der Waals surface area contributed by atoms with Crippen LogP contribution in [-0.4, -0.2) is 9.91 Å². The molecule has 1 aliphatic heterocycles. The van der Waals surface area contributed by atoms with Gasteiger partial charge in [-0.05, 0) is 78.6 Å². The van der Waals surface area contributed by atoms with Gasteiger partial charge in [0.05, 0.1) is 4.75 Å². The highest BCUT2D eigenvalue weighted by Gasteiger charge is 2.57. The number of thioether (sulfide) groups is 1. The van der Waals surface area contributed by atoms with Crippen molar-refractivity contribution in [3.63, 3.8) is 0 Å². The van der Waals surface area contributed by atoms with Crippen molar-refractivity contribution < 1.29 is 0 Å². The van der Waals surface area contributed by atoms with Crippen LogP contribution in [0.5, 0.6) is 0 Å². The van der Waals surface area contributed by atoms with Crippen LogP contribution in [0, 0.1) is 23.2 Å². The van der Waals surface area contributed by atoms with E-state index in [1.54, 1.807) is 11.1 Å². The molecule has 0 saturated heterocycles. The number of aryl methyl sites for hydroxylation is 1. The molecule has 2 atom stereocenters. The molecule has 1 aromatic carbocycles. The van der Waals surface area contributed by atoms with E-state index in [-0.39, 0.29) is 10.2 Å². The Bertz CT molecular complexity index is 963. The van der Waals surface area contributed by atoms with Crippen LogP contribution < -0.4 is 5.32 Å². The Hall–Kier alpha value is -1.48. The summed E-state index contributed by atoms with van der Waals surface area (Å²) < 4.78 is 0.168. The fourth-order valence-electron chi connectivity index (χ4n) is 6.84. The van der Waals surface area contributed by atoms with E-state index in [1.807, 2.05) is 11.8 Å². The Morgan fingerprint density at radius 1 is 0.897 bits per heavy atom. The van der Waals surface area contributed by atoms with Crippen LogP contribution in [0.1, 0.15) is 72.3 Å². The third kappa shape index (κ3) is 3.40. The van der Waals surface area contributed by atoms with Gasteiger partial charge in [0.2, 0.25) is 0 Å². The summed E-state index contributed by atoms with van der Waals surface area (Å²) in [6.45, 7) is 14.4. The zero-order valence-corrected chi connectivity index (χ0v) is 19.6. The lowest BCUT2D eigenvalue weighted by molar-refractivity contribution is 0.107. The van der Waals surface area contributed by atoms with Crippen molar-refractivity contribution in [1.82, 2.24) is 0 Å². The van der Waals surface area contributed by atoms with E-state index in [1.165, 1.54) is 36.9 Å². The second kappa shape index (κ2) is 6.03. The highest BCUT2D eigenvalue weighted by atomic mass is 32.2. The van der Waals surface area contributed by atoms with Crippen molar-refractivity contribution in [3.05, 3.63) is 52.7 Å². The molecule has 1 aromatic rings. The molecule has 0 amide bonds. The van der Waals surface area contributed by atoms with Crippen LogP contribution in [0.3, 0.4) is 0 Å². The first kappa shape index (κ1) is 19.5. The molecule has 0 radical (unpaired) electrons. The van der Waals surface area contributed by atoms with Crippen LogP contribution >= 0.6 is 11.8 Å². The van der Waals surface area contributed by atoms with Gasteiger partial charge < -0.3 is 5.32 Å². The average molecular weight is 407 g/mol. The molecule has 3 heteroatoms. The number of nitrogens with zero attached hydrogens (tertiary/aromatic N) is 1. The summed E-state index contributed by atoms with van der Waals surface area (Å²) in [5.74, 6) is 0. The van der Waals surface area contributed by atoms with Gasteiger partial charge in [-0.1, -0.05) is 70.2 Å². The third-order valence-electron chi connectivity index (χ3n) is 7.07. The summed E-state index contributed by atoms with van der Waals surface area (Å²) in [7, 11) is 0. The molecule has 154 valence electrons. The fraction of sp³-hybridized carbons (Fsp3) is 0.577. The monoisotopic (exact) mass is 406 g/mol. The summed E-state index contributed by atoms with van der Waals surface area (Å²) in [6, 6.07) is 8.69.